The number of hydrogen-bond donors (Lipinski definition) is 0. The number of nitrogens with zero attached hydrogens (tertiary/aromatic N) is 9. The van der Waals surface area contributed by atoms with E-state index in [1.54, 1.807) is 22.7 Å². The van der Waals surface area contributed by atoms with Gasteiger partial charge in [0, 0.05) is 33.4 Å². The van der Waals surface area contributed by atoms with Gasteiger partial charge in [-0.1, -0.05) is 332 Å². The molecule has 0 N–H and O–H groups in total. The molecule has 0 aliphatic rings. The summed E-state index contributed by atoms with van der Waals surface area (Å²) < 4.78 is 7.03. The zero-order chi connectivity index (χ0) is 76.6. The summed E-state index contributed by atoms with van der Waals surface area (Å²) in [7, 11) is 0. The monoisotopic (exact) mass is 1520 g/mol. The highest BCUT2D eigenvalue weighted by Crippen LogP contribution is 2.49. The zero-order valence-corrected chi connectivity index (χ0v) is 64.0. The number of aromatic nitrogens is 9. The summed E-state index contributed by atoms with van der Waals surface area (Å²) in [4.78, 5) is 39.1. The lowest BCUT2D eigenvalue weighted by atomic mass is 9.85. The first-order valence-corrected chi connectivity index (χ1v) is 40.4. The van der Waals surface area contributed by atoms with Crippen molar-refractivity contribution >= 4 is 75.1 Å². The summed E-state index contributed by atoms with van der Waals surface area (Å²) in [6.45, 7) is 0. The van der Waals surface area contributed by atoms with Crippen LogP contribution in [0.1, 0.15) is 0 Å². The molecule has 22 rings (SSSR count). The van der Waals surface area contributed by atoms with Gasteiger partial charge in [0.25, 0.3) is 0 Å². The quantitative estimate of drug-likeness (QED) is 0.101. The van der Waals surface area contributed by atoms with Gasteiger partial charge in [0.1, 0.15) is 0 Å². The Morgan fingerprint density at radius 3 is 0.853 bits per heavy atom. The van der Waals surface area contributed by atoms with Crippen molar-refractivity contribution in [3.63, 3.8) is 0 Å². The van der Waals surface area contributed by atoms with E-state index >= 15 is 0 Å². The van der Waals surface area contributed by atoms with Crippen LogP contribution in [0.25, 0.3) is 221 Å². The van der Waals surface area contributed by atoms with Gasteiger partial charge in [-0.3, -0.25) is 8.80 Å². The summed E-state index contributed by atoms with van der Waals surface area (Å²) >= 11 is 3.43. The number of fused-ring (bicyclic) bond motifs is 10. The average molecular weight is 1520 g/mol. The van der Waals surface area contributed by atoms with Gasteiger partial charge in [-0.15, -0.1) is 0 Å². The summed E-state index contributed by atoms with van der Waals surface area (Å²) in [6.07, 6.45) is 0. The molecule has 22 aromatic rings. The second kappa shape index (κ2) is 28.6. The summed E-state index contributed by atoms with van der Waals surface area (Å²) in [5.74, 6) is 2.42. The molecule has 0 bridgehead atoms. The van der Waals surface area contributed by atoms with Crippen LogP contribution in [0.5, 0.6) is 0 Å². The third-order valence-electron chi connectivity index (χ3n) is 22.1. The fraction of sp³-hybridized carbons (Fsp3) is 0. The van der Waals surface area contributed by atoms with Crippen LogP contribution in [0.15, 0.2) is 394 Å². The Hall–Kier alpha value is -15.0. The number of imidazole rings is 2. The van der Waals surface area contributed by atoms with Crippen molar-refractivity contribution in [2.75, 3.05) is 0 Å². The van der Waals surface area contributed by atoms with Crippen molar-refractivity contribution < 1.29 is 0 Å². The number of thiazole rings is 2. The molecule has 9 nitrogen and oxygen atoms in total. The molecule has 0 amide bonds. The highest BCUT2D eigenvalue weighted by molar-refractivity contribution is 7.24. The van der Waals surface area contributed by atoms with E-state index in [0.717, 1.165) is 187 Å². The summed E-state index contributed by atoms with van der Waals surface area (Å²) in [6, 6.07) is 140. The Balaban J connectivity index is 0.668. The molecule has 0 fully saturated rings. The van der Waals surface area contributed by atoms with Crippen LogP contribution in [0.4, 0.5) is 0 Å². The molecular formula is C105H65N9S2. The maximum Gasteiger partial charge on any atom is 0.195 e. The minimum atomic E-state index is 0.572. The molecular weight excluding hydrogens is 1450 g/mol. The maximum absolute atomic E-state index is 5.37. The van der Waals surface area contributed by atoms with E-state index in [1.165, 1.54) is 10.3 Å². The molecule has 0 radical (unpaired) electrons. The molecule has 0 aliphatic heterocycles. The van der Waals surface area contributed by atoms with Crippen LogP contribution < -0.4 is 0 Å². The van der Waals surface area contributed by atoms with Gasteiger partial charge >= 0.3 is 0 Å². The van der Waals surface area contributed by atoms with Gasteiger partial charge in [-0.2, -0.15) is 0 Å². The maximum atomic E-state index is 5.37. The van der Waals surface area contributed by atoms with Crippen molar-refractivity contribution in [2.45, 2.75) is 0 Å². The second-order valence-corrected chi connectivity index (χ2v) is 31.2. The molecule has 6 aromatic heterocycles. The zero-order valence-electron chi connectivity index (χ0n) is 62.4. The van der Waals surface area contributed by atoms with Gasteiger partial charge in [-0.25, -0.2) is 34.9 Å². The van der Waals surface area contributed by atoms with E-state index in [1.807, 2.05) is 48.5 Å². The predicted octanol–water partition coefficient (Wildman–Crippen LogP) is 27.7. The fourth-order valence-corrected chi connectivity index (χ4v) is 18.5. The third-order valence-corrected chi connectivity index (χ3v) is 24.1. The number of benzene rings is 16. The second-order valence-electron chi connectivity index (χ2n) is 29.2. The fourth-order valence-electron chi connectivity index (χ4n) is 16.4. The smallest absolute Gasteiger partial charge is 0.195 e. The normalized spacial score (nSPS) is 11.6. The first-order valence-electron chi connectivity index (χ1n) is 38.8. The summed E-state index contributed by atoms with van der Waals surface area (Å²) in [5, 5.41) is 0. The lowest BCUT2D eigenvalue weighted by molar-refractivity contribution is 1.07. The van der Waals surface area contributed by atoms with E-state index in [-0.39, 0.29) is 0 Å². The third kappa shape index (κ3) is 12.4. The lowest BCUT2D eigenvalue weighted by Gasteiger charge is -2.19. The van der Waals surface area contributed by atoms with Crippen molar-refractivity contribution in [1.82, 2.24) is 43.7 Å². The largest absolute Gasteiger partial charge is 0.283 e. The van der Waals surface area contributed by atoms with Crippen LogP contribution in [0.2, 0.25) is 0 Å². The lowest BCUT2D eigenvalue weighted by Crippen LogP contribution is -2.01. The Labute approximate surface area is 676 Å². The molecule has 0 aliphatic carbocycles. The Morgan fingerprint density at radius 2 is 0.448 bits per heavy atom. The van der Waals surface area contributed by atoms with Crippen molar-refractivity contribution in [2.24, 2.45) is 0 Å². The van der Waals surface area contributed by atoms with E-state index < -0.39 is 0 Å². The Bertz CT molecular complexity index is 7340. The standard InChI is InChI=1S/C105H65N9S2/c1-9-26-66(27-10-1)78-50-54-96-94(61-78)113-92-64-81(49-53-88(92)108-104(113)115-96)99-86(70-32-15-4-16-33-70)59-83(103-111-100(74-38-21-7-22-39-74)110-101(112-103)75-40-23-8-24-41-75)60-87(99)71-46-44-67(45-47-71)76-42-25-43-77(56-76)79-51-55-97-95(62-79)114-93-63-80(48-52-89(93)109-105(114)116-97)98-84(68-28-11-2-12-29-68)57-82(58-85(98)69-30-13-3-14-31-69)102-106-90(72-34-17-5-18-35-72)65-91(107-102)73-36-19-6-20-37-73/h1-65H. The van der Waals surface area contributed by atoms with E-state index in [0.29, 0.717) is 23.3 Å². The van der Waals surface area contributed by atoms with Gasteiger partial charge in [-0.05, 0) is 185 Å². The molecule has 542 valence electrons. The van der Waals surface area contributed by atoms with E-state index in [4.69, 9.17) is 34.9 Å². The summed E-state index contributed by atoms with van der Waals surface area (Å²) in [5.41, 5.74) is 33.0. The number of rotatable bonds is 15. The molecule has 6 heterocycles. The average Bonchev–Trinajstić information content (AvgIpc) is 1.42. The van der Waals surface area contributed by atoms with Crippen LogP contribution >= 0.6 is 22.7 Å². The Kier molecular flexibility index (Phi) is 16.7. The Morgan fingerprint density at radius 1 is 0.172 bits per heavy atom. The molecule has 11 heteroatoms. The van der Waals surface area contributed by atoms with Crippen molar-refractivity contribution in [3.05, 3.63) is 394 Å². The predicted molar refractivity (Wildman–Crippen MR) is 480 cm³/mol. The molecule has 0 saturated heterocycles. The molecule has 16 aromatic carbocycles. The highest BCUT2D eigenvalue weighted by Gasteiger charge is 2.26. The van der Waals surface area contributed by atoms with Crippen LogP contribution in [-0.2, 0) is 0 Å². The van der Waals surface area contributed by atoms with E-state index in [2.05, 4.69) is 355 Å². The van der Waals surface area contributed by atoms with Gasteiger partial charge in [0.05, 0.1) is 53.9 Å². The first-order chi connectivity index (χ1) is 57.4. The molecule has 0 unspecified atom stereocenters. The highest BCUT2D eigenvalue weighted by atomic mass is 32.1. The van der Waals surface area contributed by atoms with E-state index in [9.17, 15) is 0 Å². The SMILES string of the molecule is c1ccc(-c2ccc3sc4nc5ccc(-c6c(-c7ccccc7)cc(-c7nc(-c8ccccc8)nc(-c8ccccc8)n7)cc6-c6ccc(-c7cccc(-c8ccc9sc%10nc%11ccc(-c%12c(-c%13ccccc%13)cc(-c%13nc(-c%14ccccc%14)cc(-c%14ccccc%14)n%13)cc%12-c%12ccccc%12)cc%11n%10c9c8)c7)cc6)cc5n4c3c2)cc1. The molecule has 0 atom stereocenters. The minimum absolute atomic E-state index is 0.572. The number of hydrogen-bond acceptors (Lipinski definition) is 9. The van der Waals surface area contributed by atoms with Crippen LogP contribution in [0.3, 0.4) is 0 Å². The first kappa shape index (κ1) is 67.8. The van der Waals surface area contributed by atoms with Crippen LogP contribution in [-0.4, -0.2) is 43.7 Å². The van der Waals surface area contributed by atoms with Crippen molar-refractivity contribution in [3.8, 4) is 168 Å². The minimum Gasteiger partial charge on any atom is -0.283 e. The topological polar surface area (TPSA) is 99.0 Å². The van der Waals surface area contributed by atoms with Gasteiger partial charge < -0.3 is 0 Å². The van der Waals surface area contributed by atoms with Gasteiger partial charge in [0.15, 0.2) is 33.2 Å². The van der Waals surface area contributed by atoms with Crippen LogP contribution in [0, 0.1) is 0 Å². The van der Waals surface area contributed by atoms with Crippen molar-refractivity contribution in [1.29, 1.82) is 0 Å². The van der Waals surface area contributed by atoms with Gasteiger partial charge in [0.2, 0.25) is 0 Å². The molecule has 0 spiro atoms. The molecule has 0 saturated carbocycles. The molecule has 116 heavy (non-hydrogen) atoms.